The van der Waals surface area contributed by atoms with Crippen LogP contribution in [0.15, 0.2) is 30.5 Å². The van der Waals surface area contributed by atoms with Crippen LogP contribution in [0.5, 0.6) is 0 Å². The van der Waals surface area contributed by atoms with Crippen LogP contribution in [-0.2, 0) is 23.2 Å². The van der Waals surface area contributed by atoms with Crippen molar-refractivity contribution in [1.82, 2.24) is 14.9 Å². The predicted molar refractivity (Wildman–Crippen MR) is 93.0 cm³/mol. The summed E-state index contributed by atoms with van der Waals surface area (Å²) in [4.78, 5) is 22.1. The van der Waals surface area contributed by atoms with Gasteiger partial charge < -0.3 is 10.1 Å². The number of aromatic nitrogens is 2. The normalized spacial score (nSPS) is 17.8. The SMILES string of the molecule is CCc1cnc(CN2CCC(C(=O)O)(c3cccc(C)c3)CC2)[nH]1. The third-order valence-corrected chi connectivity index (χ3v) is 5.13. The van der Waals surface area contributed by atoms with Crippen molar-refractivity contribution in [3.05, 3.63) is 53.1 Å². The number of carbonyl (C=O) groups is 1. The van der Waals surface area contributed by atoms with E-state index in [9.17, 15) is 9.90 Å². The Hall–Kier alpha value is -2.14. The van der Waals surface area contributed by atoms with Crippen molar-refractivity contribution < 1.29 is 9.90 Å². The number of H-pyrrole nitrogens is 1. The Bertz CT molecular complexity index is 715. The van der Waals surface area contributed by atoms with E-state index in [2.05, 4.69) is 21.8 Å². The highest BCUT2D eigenvalue weighted by molar-refractivity contribution is 5.81. The first-order valence-electron chi connectivity index (χ1n) is 8.59. The average Bonchev–Trinajstić information content (AvgIpc) is 3.03. The Morgan fingerprint density at radius 3 is 2.71 bits per heavy atom. The number of carboxylic acids is 1. The van der Waals surface area contributed by atoms with Gasteiger partial charge in [-0.05, 0) is 31.7 Å². The van der Waals surface area contributed by atoms with Gasteiger partial charge in [-0.1, -0.05) is 36.8 Å². The fourth-order valence-electron chi connectivity index (χ4n) is 3.54. The summed E-state index contributed by atoms with van der Waals surface area (Å²) in [7, 11) is 0. The molecule has 128 valence electrons. The Kier molecular flexibility index (Phi) is 4.71. The molecule has 2 aromatic rings. The summed E-state index contributed by atoms with van der Waals surface area (Å²) in [5.74, 6) is 0.254. The lowest BCUT2D eigenvalue weighted by atomic mass is 9.72. The van der Waals surface area contributed by atoms with E-state index >= 15 is 0 Å². The van der Waals surface area contributed by atoms with Crippen molar-refractivity contribution in [3.8, 4) is 0 Å². The monoisotopic (exact) mass is 327 g/mol. The minimum absolute atomic E-state index is 0.632. The molecule has 0 unspecified atom stereocenters. The number of aryl methyl sites for hydroxylation is 2. The lowest BCUT2D eigenvalue weighted by Crippen LogP contribution is -2.47. The van der Waals surface area contributed by atoms with Gasteiger partial charge >= 0.3 is 5.97 Å². The number of benzene rings is 1. The molecule has 1 saturated heterocycles. The van der Waals surface area contributed by atoms with Crippen molar-refractivity contribution in [2.45, 2.75) is 45.1 Å². The summed E-state index contributed by atoms with van der Waals surface area (Å²) in [6.07, 6.45) is 4.09. The molecule has 1 aromatic carbocycles. The van der Waals surface area contributed by atoms with Gasteiger partial charge in [-0.25, -0.2) is 4.98 Å². The van der Waals surface area contributed by atoms with Gasteiger partial charge in [0.05, 0.1) is 12.0 Å². The lowest BCUT2D eigenvalue weighted by molar-refractivity contribution is -0.146. The fraction of sp³-hybridized carbons (Fsp3) is 0.474. The van der Waals surface area contributed by atoms with E-state index in [1.165, 1.54) is 0 Å². The molecule has 1 fully saturated rings. The Balaban J connectivity index is 1.72. The molecule has 1 aliphatic heterocycles. The Morgan fingerprint density at radius 2 is 2.12 bits per heavy atom. The number of aromatic amines is 1. The van der Waals surface area contributed by atoms with Gasteiger partial charge in [-0.3, -0.25) is 9.69 Å². The van der Waals surface area contributed by atoms with E-state index < -0.39 is 11.4 Å². The molecule has 0 saturated carbocycles. The zero-order chi connectivity index (χ0) is 17.2. The second-order valence-corrected chi connectivity index (χ2v) is 6.74. The average molecular weight is 327 g/mol. The van der Waals surface area contributed by atoms with Crippen LogP contribution in [0, 0.1) is 6.92 Å². The predicted octanol–water partition coefficient (Wildman–Crippen LogP) is 2.90. The number of nitrogens with one attached hydrogen (secondary N) is 1. The third kappa shape index (κ3) is 3.22. The summed E-state index contributed by atoms with van der Waals surface area (Å²) in [5.41, 5.74) is 2.42. The summed E-state index contributed by atoms with van der Waals surface area (Å²) in [6, 6.07) is 7.94. The van der Waals surface area contributed by atoms with Gasteiger partial charge in [-0.2, -0.15) is 0 Å². The highest BCUT2D eigenvalue weighted by Gasteiger charge is 2.43. The molecule has 24 heavy (non-hydrogen) atoms. The molecule has 3 rings (SSSR count). The second-order valence-electron chi connectivity index (χ2n) is 6.74. The minimum atomic E-state index is -0.764. The molecular formula is C19H25N3O2. The molecule has 0 aliphatic carbocycles. The van der Waals surface area contributed by atoms with Crippen LogP contribution in [0.4, 0.5) is 0 Å². The molecule has 5 nitrogen and oxygen atoms in total. The Labute approximate surface area is 142 Å². The smallest absolute Gasteiger partial charge is 0.314 e. The fourth-order valence-corrected chi connectivity index (χ4v) is 3.54. The zero-order valence-corrected chi connectivity index (χ0v) is 14.4. The number of imidazole rings is 1. The maximum absolute atomic E-state index is 12.1. The van der Waals surface area contributed by atoms with Crippen LogP contribution in [0.2, 0.25) is 0 Å². The van der Waals surface area contributed by atoms with Crippen molar-refractivity contribution >= 4 is 5.97 Å². The van der Waals surface area contributed by atoms with Crippen LogP contribution in [0.1, 0.15) is 42.4 Å². The van der Waals surface area contributed by atoms with Crippen molar-refractivity contribution in [1.29, 1.82) is 0 Å². The lowest BCUT2D eigenvalue weighted by Gasteiger charge is -2.39. The Morgan fingerprint density at radius 1 is 1.38 bits per heavy atom. The molecular weight excluding hydrogens is 302 g/mol. The van der Waals surface area contributed by atoms with Crippen LogP contribution >= 0.6 is 0 Å². The number of aliphatic carboxylic acids is 1. The first-order chi connectivity index (χ1) is 11.5. The number of hydrogen-bond donors (Lipinski definition) is 2. The van der Waals surface area contributed by atoms with E-state index in [0.717, 1.165) is 48.7 Å². The van der Waals surface area contributed by atoms with Gasteiger partial charge in [0.25, 0.3) is 0 Å². The number of piperidine rings is 1. The number of hydrogen-bond acceptors (Lipinski definition) is 3. The second kappa shape index (κ2) is 6.77. The summed E-state index contributed by atoms with van der Waals surface area (Å²) >= 11 is 0. The summed E-state index contributed by atoms with van der Waals surface area (Å²) in [6.45, 7) is 6.39. The van der Waals surface area contributed by atoms with Crippen molar-refractivity contribution in [2.24, 2.45) is 0 Å². The molecule has 0 atom stereocenters. The zero-order valence-electron chi connectivity index (χ0n) is 14.4. The van der Waals surface area contributed by atoms with E-state index in [0.29, 0.717) is 12.8 Å². The van der Waals surface area contributed by atoms with Gasteiger partial charge in [0, 0.05) is 25.0 Å². The van der Waals surface area contributed by atoms with E-state index in [1.54, 1.807) is 0 Å². The third-order valence-electron chi connectivity index (χ3n) is 5.13. The van der Waals surface area contributed by atoms with Crippen LogP contribution < -0.4 is 0 Å². The first kappa shape index (κ1) is 16.7. The highest BCUT2D eigenvalue weighted by atomic mass is 16.4. The van der Waals surface area contributed by atoms with Gasteiger partial charge in [-0.15, -0.1) is 0 Å². The topological polar surface area (TPSA) is 69.2 Å². The molecule has 2 N–H and O–H groups in total. The summed E-state index contributed by atoms with van der Waals surface area (Å²) in [5, 5.41) is 9.91. The summed E-state index contributed by atoms with van der Waals surface area (Å²) < 4.78 is 0. The highest BCUT2D eigenvalue weighted by Crippen LogP contribution is 2.36. The molecule has 5 heteroatoms. The molecule has 1 aliphatic rings. The first-order valence-corrected chi connectivity index (χ1v) is 8.59. The maximum Gasteiger partial charge on any atom is 0.314 e. The molecule has 0 radical (unpaired) electrons. The van der Waals surface area contributed by atoms with Crippen molar-refractivity contribution in [3.63, 3.8) is 0 Å². The van der Waals surface area contributed by atoms with Crippen LogP contribution in [-0.4, -0.2) is 39.0 Å². The molecule has 0 amide bonds. The molecule has 1 aromatic heterocycles. The van der Waals surface area contributed by atoms with Crippen molar-refractivity contribution in [2.75, 3.05) is 13.1 Å². The van der Waals surface area contributed by atoms with Gasteiger partial charge in [0.15, 0.2) is 0 Å². The number of rotatable bonds is 5. The number of nitrogens with zero attached hydrogens (tertiary/aromatic N) is 2. The molecule has 0 spiro atoms. The van der Waals surface area contributed by atoms with Crippen LogP contribution in [0.3, 0.4) is 0 Å². The maximum atomic E-state index is 12.1. The standard InChI is InChI=1S/C19H25N3O2/c1-3-16-12-20-17(21-16)13-22-9-7-19(8-10-22,18(23)24)15-6-4-5-14(2)11-15/h4-6,11-12H,3,7-10,13H2,1-2H3,(H,20,21)(H,23,24). The van der Waals surface area contributed by atoms with E-state index in [1.807, 2.05) is 37.4 Å². The van der Waals surface area contributed by atoms with Crippen LogP contribution in [0.25, 0.3) is 0 Å². The van der Waals surface area contributed by atoms with E-state index in [4.69, 9.17) is 0 Å². The largest absolute Gasteiger partial charge is 0.481 e. The quantitative estimate of drug-likeness (QED) is 0.886. The van der Waals surface area contributed by atoms with E-state index in [-0.39, 0.29) is 0 Å². The minimum Gasteiger partial charge on any atom is -0.481 e. The number of carboxylic acid groups (broad SMARTS) is 1. The van der Waals surface area contributed by atoms with Gasteiger partial charge in [0.1, 0.15) is 5.82 Å². The number of likely N-dealkylation sites (tertiary alicyclic amines) is 1. The molecule has 0 bridgehead atoms. The van der Waals surface area contributed by atoms with Gasteiger partial charge in [0.2, 0.25) is 0 Å². The molecule has 2 heterocycles.